The maximum Gasteiger partial charge on any atom is 0.314 e. The summed E-state index contributed by atoms with van der Waals surface area (Å²) in [4.78, 5) is 12.0. The summed E-state index contributed by atoms with van der Waals surface area (Å²) >= 11 is 0. The first-order valence-electron chi connectivity index (χ1n) is 3.38. The number of likely N-dealkylation sites (tertiary alicyclic amines) is 1. The molecule has 0 atom stereocenters. The highest BCUT2D eigenvalue weighted by atomic mass is 19.1. The molecule has 1 fully saturated rings. The number of hydrogen-bond acceptors (Lipinski definition) is 1. The second-order valence-corrected chi connectivity index (χ2v) is 2.50. The summed E-state index contributed by atoms with van der Waals surface area (Å²) in [6.07, 6.45) is 0.127. The molecule has 0 aromatic carbocycles. The number of carbonyl (C=O) groups is 1. The number of carbonyl (C=O) groups excluding carboxylic acids is 1. The van der Waals surface area contributed by atoms with Crippen molar-refractivity contribution in [3.05, 3.63) is 0 Å². The van der Waals surface area contributed by atoms with E-state index < -0.39 is 12.2 Å². The zero-order valence-corrected chi connectivity index (χ0v) is 5.72. The Bertz CT molecular complexity index is 132. The average Bonchev–Trinajstić information content (AvgIpc) is 1.88. The number of primary amides is 1. The van der Waals surface area contributed by atoms with E-state index in [0.717, 1.165) is 0 Å². The van der Waals surface area contributed by atoms with Gasteiger partial charge in [0.1, 0.15) is 6.17 Å². The number of piperidine rings is 1. The molecule has 1 rings (SSSR count). The smallest absolute Gasteiger partial charge is 0.314 e. The minimum Gasteiger partial charge on any atom is -0.351 e. The molecule has 0 radical (unpaired) electrons. The molecule has 1 aliphatic heterocycles. The predicted octanol–water partition coefficient (Wildman–Crippen LogP) is 0.499. The van der Waals surface area contributed by atoms with Gasteiger partial charge in [-0.2, -0.15) is 0 Å². The fraction of sp³-hybridized carbons (Fsp3) is 0.833. The zero-order chi connectivity index (χ0) is 7.56. The third kappa shape index (κ3) is 1.59. The Morgan fingerprint density at radius 3 is 2.40 bits per heavy atom. The second kappa shape index (κ2) is 2.86. The van der Waals surface area contributed by atoms with Crippen LogP contribution in [0.25, 0.3) is 0 Å². The van der Waals surface area contributed by atoms with E-state index in [4.69, 9.17) is 5.73 Å². The molecule has 0 aromatic heterocycles. The van der Waals surface area contributed by atoms with Gasteiger partial charge in [-0.25, -0.2) is 9.18 Å². The number of halogens is 1. The molecule has 2 N–H and O–H groups in total. The lowest BCUT2D eigenvalue weighted by molar-refractivity contribution is 0.159. The summed E-state index contributed by atoms with van der Waals surface area (Å²) in [6.45, 7) is 0.938. The van der Waals surface area contributed by atoms with Crippen molar-refractivity contribution >= 4 is 6.03 Å². The van der Waals surface area contributed by atoms with Crippen LogP contribution in [0.4, 0.5) is 9.18 Å². The predicted molar refractivity (Wildman–Crippen MR) is 35.3 cm³/mol. The number of amides is 2. The van der Waals surface area contributed by atoms with Crippen LogP contribution < -0.4 is 5.73 Å². The lowest BCUT2D eigenvalue weighted by Gasteiger charge is -2.26. The normalized spacial score (nSPS) is 21.1. The van der Waals surface area contributed by atoms with Crippen molar-refractivity contribution < 1.29 is 9.18 Å². The molecule has 1 saturated heterocycles. The molecule has 58 valence electrons. The van der Waals surface area contributed by atoms with Crippen LogP contribution >= 0.6 is 0 Å². The quantitative estimate of drug-likeness (QED) is 0.531. The van der Waals surface area contributed by atoms with Gasteiger partial charge in [0.05, 0.1) is 0 Å². The highest BCUT2D eigenvalue weighted by Crippen LogP contribution is 2.12. The molecule has 1 aliphatic rings. The van der Waals surface area contributed by atoms with Gasteiger partial charge in [0.2, 0.25) is 0 Å². The van der Waals surface area contributed by atoms with Crippen LogP contribution in [0, 0.1) is 0 Å². The number of hydrogen-bond donors (Lipinski definition) is 1. The van der Waals surface area contributed by atoms with Crippen LogP contribution in [0.1, 0.15) is 12.8 Å². The summed E-state index contributed by atoms with van der Waals surface area (Å²) < 4.78 is 12.4. The molecule has 0 aromatic rings. The van der Waals surface area contributed by atoms with Gasteiger partial charge in [0.25, 0.3) is 0 Å². The molecule has 4 heteroatoms. The Hall–Kier alpha value is -0.800. The van der Waals surface area contributed by atoms with Crippen LogP contribution in [0.15, 0.2) is 0 Å². The van der Waals surface area contributed by atoms with Crippen molar-refractivity contribution in [2.24, 2.45) is 5.73 Å². The molecule has 1 heterocycles. The van der Waals surface area contributed by atoms with Gasteiger partial charge < -0.3 is 10.6 Å². The number of urea groups is 1. The molecule has 2 amide bonds. The number of nitrogens with zero attached hydrogens (tertiary/aromatic N) is 1. The van der Waals surface area contributed by atoms with E-state index in [-0.39, 0.29) is 0 Å². The van der Waals surface area contributed by atoms with E-state index in [0.29, 0.717) is 25.9 Å². The average molecular weight is 146 g/mol. The van der Waals surface area contributed by atoms with Crippen LogP contribution in [0.2, 0.25) is 0 Å². The second-order valence-electron chi connectivity index (χ2n) is 2.50. The first-order valence-corrected chi connectivity index (χ1v) is 3.38. The Kier molecular flexibility index (Phi) is 2.09. The number of rotatable bonds is 0. The number of nitrogens with two attached hydrogens (primary N) is 1. The Morgan fingerprint density at radius 1 is 1.50 bits per heavy atom. The topological polar surface area (TPSA) is 46.3 Å². The van der Waals surface area contributed by atoms with Gasteiger partial charge in [-0.05, 0) is 12.8 Å². The molecular weight excluding hydrogens is 135 g/mol. The van der Waals surface area contributed by atoms with Crippen LogP contribution in [0.3, 0.4) is 0 Å². The number of alkyl halides is 1. The lowest BCUT2D eigenvalue weighted by atomic mass is 10.1. The highest BCUT2D eigenvalue weighted by molar-refractivity contribution is 5.72. The van der Waals surface area contributed by atoms with E-state index in [1.807, 2.05) is 0 Å². The minimum absolute atomic E-state index is 0.433. The van der Waals surface area contributed by atoms with Crippen molar-refractivity contribution in [2.45, 2.75) is 19.0 Å². The van der Waals surface area contributed by atoms with Gasteiger partial charge in [-0.3, -0.25) is 0 Å². The Morgan fingerprint density at radius 2 is 2.00 bits per heavy atom. The van der Waals surface area contributed by atoms with Crippen LogP contribution in [0.5, 0.6) is 0 Å². The van der Waals surface area contributed by atoms with Gasteiger partial charge in [-0.15, -0.1) is 0 Å². The summed E-state index contributed by atoms with van der Waals surface area (Å²) in [5.74, 6) is 0. The molecule has 0 saturated carbocycles. The third-order valence-corrected chi connectivity index (χ3v) is 1.74. The van der Waals surface area contributed by atoms with E-state index in [9.17, 15) is 9.18 Å². The summed E-state index contributed by atoms with van der Waals surface area (Å²) in [5.41, 5.74) is 4.98. The van der Waals surface area contributed by atoms with E-state index in [1.54, 1.807) is 0 Å². The van der Waals surface area contributed by atoms with E-state index in [2.05, 4.69) is 0 Å². The maximum atomic E-state index is 12.4. The largest absolute Gasteiger partial charge is 0.351 e. The molecule has 10 heavy (non-hydrogen) atoms. The first-order chi connectivity index (χ1) is 4.70. The highest BCUT2D eigenvalue weighted by Gasteiger charge is 2.19. The summed E-state index contributed by atoms with van der Waals surface area (Å²) in [7, 11) is 0. The Labute approximate surface area is 59.0 Å². The van der Waals surface area contributed by atoms with E-state index >= 15 is 0 Å². The first kappa shape index (κ1) is 7.31. The third-order valence-electron chi connectivity index (χ3n) is 1.74. The standard InChI is InChI=1S/C6H11FN2O/c7-5-1-3-9(4-2-5)6(8)10/h5H,1-4H2,(H2,8,10). The van der Waals surface area contributed by atoms with Crippen molar-refractivity contribution in [2.75, 3.05) is 13.1 Å². The van der Waals surface area contributed by atoms with Gasteiger partial charge in [0, 0.05) is 13.1 Å². The molecule has 3 nitrogen and oxygen atoms in total. The van der Waals surface area contributed by atoms with Crippen LogP contribution in [-0.4, -0.2) is 30.2 Å². The Balaban J connectivity index is 2.33. The van der Waals surface area contributed by atoms with Crippen molar-refractivity contribution in [3.8, 4) is 0 Å². The lowest BCUT2D eigenvalue weighted by Crippen LogP contribution is -2.42. The SMILES string of the molecule is NC(=O)N1CCC(F)CC1. The van der Waals surface area contributed by atoms with Crippen molar-refractivity contribution in [3.63, 3.8) is 0 Å². The van der Waals surface area contributed by atoms with Crippen molar-refractivity contribution in [1.29, 1.82) is 0 Å². The van der Waals surface area contributed by atoms with Crippen LogP contribution in [-0.2, 0) is 0 Å². The fourth-order valence-electron chi connectivity index (χ4n) is 1.07. The van der Waals surface area contributed by atoms with E-state index in [1.165, 1.54) is 4.90 Å². The molecule has 0 aliphatic carbocycles. The fourth-order valence-corrected chi connectivity index (χ4v) is 1.07. The van der Waals surface area contributed by atoms with Gasteiger partial charge >= 0.3 is 6.03 Å². The monoisotopic (exact) mass is 146 g/mol. The summed E-state index contributed by atoms with van der Waals surface area (Å²) in [5, 5.41) is 0. The molecule has 0 bridgehead atoms. The van der Waals surface area contributed by atoms with Gasteiger partial charge in [-0.1, -0.05) is 0 Å². The molecule has 0 spiro atoms. The molecular formula is C6H11FN2O. The minimum atomic E-state index is -0.740. The summed E-state index contributed by atoms with van der Waals surface area (Å²) in [6, 6.07) is -0.438. The molecule has 0 unspecified atom stereocenters. The van der Waals surface area contributed by atoms with Gasteiger partial charge in [0.15, 0.2) is 0 Å². The maximum absolute atomic E-state index is 12.4. The van der Waals surface area contributed by atoms with Crippen molar-refractivity contribution in [1.82, 2.24) is 4.90 Å². The zero-order valence-electron chi connectivity index (χ0n) is 5.72.